The zero-order chi connectivity index (χ0) is 24.1. The van der Waals surface area contributed by atoms with Gasteiger partial charge in [0.1, 0.15) is 0 Å². The van der Waals surface area contributed by atoms with Crippen molar-refractivity contribution >= 4 is 21.9 Å². The first kappa shape index (κ1) is 25.5. The van der Waals surface area contributed by atoms with E-state index in [1.54, 1.807) is 4.90 Å². The highest BCUT2D eigenvalue weighted by atomic mass is 32.2. The van der Waals surface area contributed by atoms with Crippen LogP contribution >= 0.6 is 0 Å². The molecule has 2 heterocycles. The monoisotopic (exact) mass is 490 g/mol. The zero-order valence-corrected chi connectivity index (χ0v) is 19.2. The van der Waals surface area contributed by atoms with E-state index in [1.165, 1.54) is 6.07 Å². The summed E-state index contributed by atoms with van der Waals surface area (Å²) in [5, 5.41) is 0. The highest BCUT2D eigenvalue weighted by Crippen LogP contribution is 2.36. The number of amides is 1. The Labute approximate surface area is 191 Å². The zero-order valence-electron chi connectivity index (χ0n) is 18.3. The van der Waals surface area contributed by atoms with Crippen molar-refractivity contribution < 1.29 is 35.9 Å². The molecule has 0 N–H and O–H groups in total. The Morgan fingerprint density at radius 1 is 0.939 bits per heavy atom. The number of sulfonamides is 1. The predicted octanol–water partition coefficient (Wildman–Crippen LogP) is 3.44. The number of nitrogens with zero attached hydrogens (tertiary/aromatic N) is 2. The second-order valence-electron chi connectivity index (χ2n) is 8.43. The summed E-state index contributed by atoms with van der Waals surface area (Å²) in [5.41, 5.74) is -1.21. The predicted molar refractivity (Wildman–Crippen MR) is 114 cm³/mol. The van der Waals surface area contributed by atoms with Crippen LogP contribution in [0.4, 0.5) is 13.2 Å². The van der Waals surface area contributed by atoms with E-state index in [0.29, 0.717) is 13.1 Å². The average Bonchev–Trinajstić information content (AvgIpc) is 2.76. The largest absolute Gasteiger partial charge is 0.455 e. The van der Waals surface area contributed by atoms with E-state index in [-0.39, 0.29) is 38.4 Å². The van der Waals surface area contributed by atoms with E-state index < -0.39 is 38.5 Å². The summed E-state index contributed by atoms with van der Waals surface area (Å²) in [5.74, 6) is -1.42. The maximum absolute atomic E-state index is 13.3. The molecule has 2 aliphatic rings. The van der Waals surface area contributed by atoms with Crippen molar-refractivity contribution in [3.63, 3.8) is 0 Å². The van der Waals surface area contributed by atoms with Gasteiger partial charge in [-0.15, -0.1) is 0 Å². The molecule has 1 aromatic carbocycles. The fourth-order valence-corrected chi connectivity index (χ4v) is 5.92. The van der Waals surface area contributed by atoms with Crippen molar-refractivity contribution in [3.05, 3.63) is 29.8 Å². The van der Waals surface area contributed by atoms with Crippen LogP contribution in [0.2, 0.25) is 0 Å². The van der Waals surface area contributed by atoms with Gasteiger partial charge in [-0.2, -0.15) is 17.5 Å². The molecule has 2 fully saturated rings. The van der Waals surface area contributed by atoms with Gasteiger partial charge >= 0.3 is 12.1 Å². The van der Waals surface area contributed by atoms with Crippen LogP contribution in [0.3, 0.4) is 0 Å². The second-order valence-corrected chi connectivity index (χ2v) is 10.3. The molecule has 0 radical (unpaired) electrons. The third kappa shape index (κ3) is 6.47. The second kappa shape index (κ2) is 10.9. The molecule has 3 rings (SSSR count). The van der Waals surface area contributed by atoms with Crippen molar-refractivity contribution in [1.29, 1.82) is 0 Å². The van der Waals surface area contributed by atoms with Gasteiger partial charge in [0.05, 0.1) is 16.4 Å². The maximum Gasteiger partial charge on any atom is 0.417 e. The van der Waals surface area contributed by atoms with Gasteiger partial charge < -0.3 is 9.64 Å². The van der Waals surface area contributed by atoms with E-state index >= 15 is 0 Å². The Morgan fingerprint density at radius 3 is 2.12 bits per heavy atom. The number of rotatable bonds is 5. The molecule has 33 heavy (non-hydrogen) atoms. The minimum absolute atomic E-state index is 0.103. The van der Waals surface area contributed by atoms with E-state index in [9.17, 15) is 31.2 Å². The molecular formula is C22H29F3N2O5S. The van der Waals surface area contributed by atoms with Crippen LogP contribution < -0.4 is 0 Å². The maximum atomic E-state index is 13.3. The van der Waals surface area contributed by atoms with Crippen molar-refractivity contribution in [2.45, 2.75) is 56.0 Å². The van der Waals surface area contributed by atoms with Gasteiger partial charge in [0.15, 0.2) is 6.61 Å². The number of piperidine rings is 1. The molecular weight excluding hydrogens is 461 g/mol. The van der Waals surface area contributed by atoms with Crippen LogP contribution in [-0.2, 0) is 30.5 Å². The van der Waals surface area contributed by atoms with Gasteiger partial charge in [0.2, 0.25) is 10.0 Å². The first-order chi connectivity index (χ1) is 15.6. The fourth-order valence-electron chi connectivity index (χ4n) is 4.24. The summed E-state index contributed by atoms with van der Waals surface area (Å²) < 4.78 is 71.6. The molecule has 1 amide bonds. The molecule has 2 aliphatic heterocycles. The van der Waals surface area contributed by atoms with Crippen molar-refractivity contribution in [2.75, 3.05) is 32.8 Å². The van der Waals surface area contributed by atoms with Crippen LogP contribution in [0, 0.1) is 5.92 Å². The molecule has 11 heteroatoms. The number of ether oxygens (including phenoxy) is 1. The minimum atomic E-state index is -4.80. The van der Waals surface area contributed by atoms with E-state index in [4.69, 9.17) is 4.74 Å². The Hall–Kier alpha value is -2.14. The molecule has 7 nitrogen and oxygen atoms in total. The highest BCUT2D eigenvalue weighted by molar-refractivity contribution is 7.89. The van der Waals surface area contributed by atoms with Crippen molar-refractivity contribution in [1.82, 2.24) is 9.21 Å². The number of hydrogen-bond donors (Lipinski definition) is 0. The first-order valence-electron chi connectivity index (χ1n) is 11.2. The Balaban J connectivity index is 1.54. The lowest BCUT2D eigenvalue weighted by atomic mass is 9.98. The highest BCUT2D eigenvalue weighted by Gasteiger charge is 2.40. The van der Waals surface area contributed by atoms with Crippen LogP contribution in [0.25, 0.3) is 0 Å². The van der Waals surface area contributed by atoms with E-state index in [2.05, 4.69) is 0 Å². The minimum Gasteiger partial charge on any atom is -0.455 e. The number of hydrogen-bond acceptors (Lipinski definition) is 5. The topological polar surface area (TPSA) is 84.0 Å². The summed E-state index contributed by atoms with van der Waals surface area (Å²) in [4.78, 5) is 25.7. The quantitative estimate of drug-likeness (QED) is 0.591. The summed E-state index contributed by atoms with van der Waals surface area (Å²) >= 11 is 0. The molecule has 0 bridgehead atoms. The lowest BCUT2D eigenvalue weighted by molar-refractivity contribution is -0.156. The van der Waals surface area contributed by atoms with Gasteiger partial charge in [0, 0.05) is 26.2 Å². The molecule has 0 saturated carbocycles. The normalized spacial score (nSPS) is 19.5. The van der Waals surface area contributed by atoms with Gasteiger partial charge in [-0.25, -0.2) is 8.42 Å². The van der Waals surface area contributed by atoms with E-state index in [1.807, 2.05) is 0 Å². The van der Waals surface area contributed by atoms with Crippen LogP contribution in [-0.4, -0.2) is 62.3 Å². The third-order valence-corrected chi connectivity index (χ3v) is 8.10. The number of likely N-dealkylation sites (tertiary alicyclic amines) is 1. The number of carbonyl (C=O) groups is 2. The molecule has 184 valence electrons. The van der Waals surface area contributed by atoms with Crippen LogP contribution in [0.5, 0.6) is 0 Å². The Bertz CT molecular complexity index is 936. The Kier molecular flexibility index (Phi) is 8.38. The first-order valence-corrected chi connectivity index (χ1v) is 12.7. The lowest BCUT2D eigenvalue weighted by Gasteiger charge is -2.31. The molecule has 0 atom stereocenters. The van der Waals surface area contributed by atoms with Gasteiger partial charge in [-0.1, -0.05) is 31.4 Å². The number of esters is 1. The molecule has 0 spiro atoms. The third-order valence-electron chi connectivity index (χ3n) is 6.14. The van der Waals surface area contributed by atoms with Crippen LogP contribution in [0.15, 0.2) is 29.2 Å². The van der Waals surface area contributed by atoms with Crippen molar-refractivity contribution in [3.8, 4) is 0 Å². The SMILES string of the molecule is O=C(OCC(=O)N1CCCCCCC1)C1CCN(S(=O)(=O)c2ccccc2C(F)(F)F)CC1. The smallest absolute Gasteiger partial charge is 0.417 e. The molecule has 1 aromatic rings. The number of alkyl halides is 3. The number of carbonyl (C=O) groups excluding carboxylic acids is 2. The summed E-state index contributed by atoms with van der Waals surface area (Å²) in [6.45, 7) is 0.733. The molecule has 0 aromatic heterocycles. The molecule has 0 aliphatic carbocycles. The standard InChI is InChI=1S/C22H29F3N2O5S/c23-22(24,25)18-8-4-5-9-19(18)33(30,31)27-14-10-17(11-15-27)21(29)32-16-20(28)26-12-6-2-1-3-7-13-26/h4-5,8-9,17H,1-3,6-7,10-16H2. The van der Waals surface area contributed by atoms with Crippen molar-refractivity contribution in [2.24, 2.45) is 5.92 Å². The summed E-state index contributed by atoms with van der Waals surface area (Å²) in [6, 6.07) is 4.06. The molecule has 2 saturated heterocycles. The van der Waals surface area contributed by atoms with Gasteiger partial charge in [-0.3, -0.25) is 9.59 Å². The average molecular weight is 491 g/mol. The molecule has 0 unspecified atom stereocenters. The summed E-state index contributed by atoms with van der Waals surface area (Å²) in [6.07, 6.45) is 0.567. The number of benzene rings is 1. The Morgan fingerprint density at radius 2 is 1.52 bits per heavy atom. The number of halogens is 3. The lowest BCUT2D eigenvalue weighted by Crippen LogP contribution is -2.42. The summed E-state index contributed by atoms with van der Waals surface area (Å²) in [7, 11) is -4.37. The van der Waals surface area contributed by atoms with Gasteiger partial charge in [-0.05, 0) is 37.8 Å². The van der Waals surface area contributed by atoms with Crippen LogP contribution in [0.1, 0.15) is 50.5 Å². The fraction of sp³-hybridized carbons (Fsp3) is 0.636. The van der Waals surface area contributed by atoms with Gasteiger partial charge in [0.25, 0.3) is 5.91 Å². The van der Waals surface area contributed by atoms with E-state index in [0.717, 1.165) is 54.6 Å².